The maximum atomic E-state index is 12.6. The van der Waals surface area contributed by atoms with Gasteiger partial charge in [0, 0.05) is 6.08 Å². The average Bonchev–Trinajstić information content (AvgIpc) is 2.54. The molecule has 0 bridgehead atoms. The van der Waals surface area contributed by atoms with Crippen molar-refractivity contribution in [3.8, 4) is 11.5 Å². The highest BCUT2D eigenvalue weighted by atomic mass is 35.5. The van der Waals surface area contributed by atoms with Gasteiger partial charge in [0.15, 0.2) is 0 Å². The maximum Gasteiger partial charge on any atom is 0.416 e. The van der Waals surface area contributed by atoms with Crippen molar-refractivity contribution < 1.29 is 27.4 Å². The number of rotatable bonds is 4. The van der Waals surface area contributed by atoms with Crippen LogP contribution in [0.3, 0.4) is 0 Å². The van der Waals surface area contributed by atoms with Crippen molar-refractivity contribution in [2.24, 2.45) is 0 Å². The number of carbonyl (C=O) groups excluding carboxylic acids is 1. The number of hydrogen-bond acceptors (Lipinski definition) is 3. The number of hydrogen-bond donors (Lipinski definition) is 0. The second-order valence-electron chi connectivity index (χ2n) is 4.67. The van der Waals surface area contributed by atoms with Gasteiger partial charge >= 0.3 is 12.1 Å². The van der Waals surface area contributed by atoms with Crippen LogP contribution in [0.5, 0.6) is 11.5 Å². The third kappa shape index (κ3) is 4.76. The lowest BCUT2D eigenvalue weighted by molar-refractivity contribution is -0.137. The molecular weight excluding hydrogens is 345 g/mol. The average molecular weight is 357 g/mol. The van der Waals surface area contributed by atoms with Crippen molar-refractivity contribution in [1.29, 1.82) is 0 Å². The molecule has 0 fully saturated rings. The molecule has 126 valence electrons. The van der Waals surface area contributed by atoms with Gasteiger partial charge in [-0.05, 0) is 42.0 Å². The molecule has 0 saturated heterocycles. The topological polar surface area (TPSA) is 35.5 Å². The van der Waals surface area contributed by atoms with Crippen LogP contribution in [-0.4, -0.2) is 13.1 Å². The number of carbonyl (C=O) groups is 1. The molecule has 0 aromatic heterocycles. The van der Waals surface area contributed by atoms with Gasteiger partial charge in [0.05, 0.1) is 17.7 Å². The van der Waals surface area contributed by atoms with Crippen LogP contribution in [0.15, 0.2) is 48.5 Å². The second kappa shape index (κ2) is 7.40. The van der Waals surface area contributed by atoms with Gasteiger partial charge < -0.3 is 9.47 Å². The Bertz CT molecular complexity index is 770. The lowest BCUT2D eigenvalue weighted by atomic mass is 10.2. The number of alkyl halides is 3. The highest BCUT2D eigenvalue weighted by molar-refractivity contribution is 6.32. The third-order valence-corrected chi connectivity index (χ3v) is 3.25. The molecule has 2 aromatic carbocycles. The van der Waals surface area contributed by atoms with Crippen LogP contribution < -0.4 is 4.74 Å². The van der Waals surface area contributed by atoms with Crippen molar-refractivity contribution in [1.82, 2.24) is 0 Å². The van der Waals surface area contributed by atoms with E-state index in [9.17, 15) is 18.0 Å². The second-order valence-corrected chi connectivity index (χ2v) is 5.08. The Morgan fingerprint density at radius 2 is 1.92 bits per heavy atom. The SMILES string of the molecule is COC(=O)C=Cc1cccc(Oc2ccc(C(F)(F)F)cc2Cl)c1. The molecule has 24 heavy (non-hydrogen) atoms. The summed E-state index contributed by atoms with van der Waals surface area (Å²) in [6.07, 6.45) is -1.71. The van der Waals surface area contributed by atoms with E-state index in [-0.39, 0.29) is 10.8 Å². The molecule has 2 rings (SSSR count). The predicted molar refractivity (Wildman–Crippen MR) is 84.0 cm³/mol. The van der Waals surface area contributed by atoms with Crippen LogP contribution in [0, 0.1) is 0 Å². The first-order valence-electron chi connectivity index (χ1n) is 6.70. The van der Waals surface area contributed by atoms with E-state index < -0.39 is 17.7 Å². The predicted octanol–water partition coefficient (Wildman–Crippen LogP) is 5.34. The highest BCUT2D eigenvalue weighted by Gasteiger charge is 2.31. The monoisotopic (exact) mass is 356 g/mol. The van der Waals surface area contributed by atoms with Gasteiger partial charge in [-0.3, -0.25) is 0 Å². The minimum Gasteiger partial charge on any atom is -0.466 e. The maximum absolute atomic E-state index is 12.6. The molecule has 0 aliphatic heterocycles. The fourth-order valence-corrected chi connectivity index (χ4v) is 2.02. The number of ether oxygens (including phenoxy) is 2. The van der Waals surface area contributed by atoms with E-state index in [0.29, 0.717) is 11.3 Å². The Balaban J connectivity index is 2.20. The summed E-state index contributed by atoms with van der Waals surface area (Å²) in [5.74, 6) is -0.0467. The Kier molecular flexibility index (Phi) is 5.51. The standard InChI is InChI=1S/C17H12ClF3O3/c1-23-16(22)8-5-11-3-2-4-13(9-11)24-15-7-6-12(10-14(15)18)17(19,20)21/h2-10H,1H3. The van der Waals surface area contributed by atoms with E-state index in [4.69, 9.17) is 16.3 Å². The van der Waals surface area contributed by atoms with Gasteiger partial charge in [-0.25, -0.2) is 4.79 Å². The Morgan fingerprint density at radius 3 is 2.54 bits per heavy atom. The molecule has 0 atom stereocenters. The molecule has 0 aliphatic carbocycles. The zero-order valence-corrected chi connectivity index (χ0v) is 13.2. The molecule has 2 aromatic rings. The minimum atomic E-state index is -4.47. The van der Waals surface area contributed by atoms with Crippen LogP contribution in [0.25, 0.3) is 6.08 Å². The van der Waals surface area contributed by atoms with E-state index in [1.165, 1.54) is 19.3 Å². The smallest absolute Gasteiger partial charge is 0.416 e. The van der Waals surface area contributed by atoms with E-state index in [2.05, 4.69) is 4.74 Å². The fraction of sp³-hybridized carbons (Fsp3) is 0.118. The Labute approximate surface area is 141 Å². The molecule has 0 unspecified atom stereocenters. The van der Waals surface area contributed by atoms with Crippen molar-refractivity contribution in [3.05, 3.63) is 64.7 Å². The number of halogens is 4. The first kappa shape index (κ1) is 17.9. The van der Waals surface area contributed by atoms with Gasteiger partial charge in [0.1, 0.15) is 11.5 Å². The van der Waals surface area contributed by atoms with Crippen molar-refractivity contribution in [2.45, 2.75) is 6.18 Å². The molecule has 0 aliphatic rings. The minimum absolute atomic E-state index is 0.0961. The van der Waals surface area contributed by atoms with Crippen molar-refractivity contribution in [2.75, 3.05) is 7.11 Å². The molecule has 0 N–H and O–H groups in total. The summed E-state index contributed by atoms with van der Waals surface area (Å²) in [4.78, 5) is 11.1. The molecule has 0 saturated carbocycles. The molecule has 0 spiro atoms. The van der Waals surface area contributed by atoms with Crippen LogP contribution in [0.4, 0.5) is 13.2 Å². The summed E-state index contributed by atoms with van der Waals surface area (Å²) in [6, 6.07) is 9.46. The van der Waals surface area contributed by atoms with Gasteiger partial charge in [-0.15, -0.1) is 0 Å². The number of benzene rings is 2. The lowest BCUT2D eigenvalue weighted by Crippen LogP contribution is -2.04. The van der Waals surface area contributed by atoms with Gasteiger partial charge in [0.25, 0.3) is 0 Å². The zero-order chi connectivity index (χ0) is 17.7. The first-order valence-corrected chi connectivity index (χ1v) is 7.08. The Hall–Kier alpha value is -2.47. The zero-order valence-electron chi connectivity index (χ0n) is 12.4. The van der Waals surface area contributed by atoms with Gasteiger partial charge in [-0.1, -0.05) is 23.7 Å². The molecule has 0 heterocycles. The summed E-state index contributed by atoms with van der Waals surface area (Å²) >= 11 is 5.85. The van der Waals surface area contributed by atoms with E-state index in [1.807, 2.05) is 0 Å². The molecule has 0 amide bonds. The normalized spacial score (nSPS) is 11.5. The summed E-state index contributed by atoms with van der Waals surface area (Å²) in [5.41, 5.74) is -0.199. The van der Waals surface area contributed by atoms with Crippen LogP contribution in [0.1, 0.15) is 11.1 Å². The summed E-state index contributed by atoms with van der Waals surface area (Å²) < 4.78 is 47.8. The summed E-state index contributed by atoms with van der Waals surface area (Å²) in [6.45, 7) is 0. The first-order chi connectivity index (χ1) is 11.3. The highest BCUT2D eigenvalue weighted by Crippen LogP contribution is 2.36. The molecular formula is C17H12ClF3O3. The Morgan fingerprint density at radius 1 is 1.17 bits per heavy atom. The molecule has 0 radical (unpaired) electrons. The van der Waals surface area contributed by atoms with Crippen LogP contribution in [0.2, 0.25) is 5.02 Å². The number of esters is 1. The molecule has 7 heteroatoms. The molecule has 3 nitrogen and oxygen atoms in total. The third-order valence-electron chi connectivity index (χ3n) is 2.96. The quantitative estimate of drug-likeness (QED) is 0.548. The van der Waals surface area contributed by atoms with Gasteiger partial charge in [-0.2, -0.15) is 13.2 Å². The van der Waals surface area contributed by atoms with E-state index in [0.717, 1.165) is 18.2 Å². The number of methoxy groups -OCH3 is 1. The largest absolute Gasteiger partial charge is 0.466 e. The fourth-order valence-electron chi connectivity index (χ4n) is 1.80. The van der Waals surface area contributed by atoms with Crippen LogP contribution in [-0.2, 0) is 15.7 Å². The summed E-state index contributed by atoms with van der Waals surface area (Å²) in [7, 11) is 1.26. The van der Waals surface area contributed by atoms with E-state index >= 15 is 0 Å². The van der Waals surface area contributed by atoms with Gasteiger partial charge in [0.2, 0.25) is 0 Å². The van der Waals surface area contributed by atoms with Crippen molar-refractivity contribution in [3.63, 3.8) is 0 Å². The summed E-state index contributed by atoms with van der Waals surface area (Å²) in [5, 5.41) is -0.152. The lowest BCUT2D eigenvalue weighted by Gasteiger charge is -2.11. The van der Waals surface area contributed by atoms with Crippen molar-refractivity contribution >= 4 is 23.6 Å². The van der Waals surface area contributed by atoms with E-state index in [1.54, 1.807) is 24.3 Å². The van der Waals surface area contributed by atoms with Crippen LogP contribution >= 0.6 is 11.6 Å².